The van der Waals surface area contributed by atoms with Crippen LogP contribution in [-0.4, -0.2) is 39.1 Å². The average molecular weight is 415 g/mol. The summed E-state index contributed by atoms with van der Waals surface area (Å²) >= 11 is 0. The van der Waals surface area contributed by atoms with Crippen LogP contribution in [0.25, 0.3) is 33.1 Å². The number of hydrogen-bond acceptors (Lipinski definition) is 6. The lowest BCUT2D eigenvalue weighted by atomic mass is 10.0. The Morgan fingerprint density at radius 1 is 1.00 bits per heavy atom. The molecular formula is C24H25N5O2. The molecule has 1 aliphatic heterocycles. The third kappa shape index (κ3) is 3.59. The van der Waals surface area contributed by atoms with E-state index in [1.54, 1.807) is 0 Å². The highest BCUT2D eigenvalue weighted by atomic mass is 16.5. The van der Waals surface area contributed by atoms with E-state index in [4.69, 9.17) is 20.3 Å². The van der Waals surface area contributed by atoms with Crippen molar-refractivity contribution in [1.82, 2.24) is 19.7 Å². The van der Waals surface area contributed by atoms with Crippen molar-refractivity contribution in [1.29, 1.82) is 0 Å². The highest BCUT2D eigenvalue weighted by molar-refractivity contribution is 6.00. The number of benzene rings is 2. The molecule has 7 heteroatoms. The van der Waals surface area contributed by atoms with Crippen LogP contribution in [0.2, 0.25) is 0 Å². The lowest BCUT2D eigenvalue weighted by Crippen LogP contribution is -2.21. The van der Waals surface area contributed by atoms with Gasteiger partial charge in [0.25, 0.3) is 0 Å². The Hall–Kier alpha value is -3.19. The normalized spacial score (nSPS) is 17.4. The Kier molecular flexibility index (Phi) is 4.49. The van der Waals surface area contributed by atoms with Gasteiger partial charge in [-0.2, -0.15) is 5.10 Å². The molecule has 0 unspecified atom stereocenters. The SMILES string of the molecule is Nc1ncnc2c1c(-c1ccc3cc(OC4CC4)ccc3c1)nn2CC1CCOCC1. The third-order valence-electron chi connectivity index (χ3n) is 6.24. The van der Waals surface area contributed by atoms with Gasteiger partial charge in [-0.25, -0.2) is 14.6 Å². The van der Waals surface area contributed by atoms with E-state index >= 15 is 0 Å². The van der Waals surface area contributed by atoms with Crippen molar-refractivity contribution in [2.24, 2.45) is 5.92 Å². The van der Waals surface area contributed by atoms with Crippen LogP contribution in [0, 0.1) is 5.92 Å². The summed E-state index contributed by atoms with van der Waals surface area (Å²) < 4.78 is 13.4. The van der Waals surface area contributed by atoms with Gasteiger partial charge in [-0.3, -0.25) is 0 Å². The molecule has 2 fully saturated rings. The smallest absolute Gasteiger partial charge is 0.163 e. The average Bonchev–Trinajstić information content (AvgIpc) is 3.54. The van der Waals surface area contributed by atoms with Gasteiger partial charge < -0.3 is 15.2 Å². The Balaban J connectivity index is 1.40. The minimum atomic E-state index is 0.394. The molecule has 3 heterocycles. The fraction of sp³-hybridized carbons (Fsp3) is 0.375. The van der Waals surface area contributed by atoms with E-state index in [0.29, 0.717) is 17.8 Å². The first-order valence-electron chi connectivity index (χ1n) is 11.0. The fourth-order valence-electron chi connectivity index (χ4n) is 4.36. The van der Waals surface area contributed by atoms with E-state index in [2.05, 4.69) is 40.3 Å². The number of nitrogens with zero attached hydrogens (tertiary/aromatic N) is 4. The maximum atomic E-state index is 6.28. The molecule has 0 atom stereocenters. The molecule has 6 rings (SSSR count). The van der Waals surface area contributed by atoms with Crippen molar-refractivity contribution < 1.29 is 9.47 Å². The van der Waals surface area contributed by atoms with Gasteiger partial charge in [0, 0.05) is 25.3 Å². The molecule has 2 N–H and O–H groups in total. The number of rotatable bonds is 5. The van der Waals surface area contributed by atoms with Gasteiger partial charge >= 0.3 is 0 Å². The summed E-state index contributed by atoms with van der Waals surface area (Å²) in [4.78, 5) is 8.76. The minimum Gasteiger partial charge on any atom is -0.490 e. The van der Waals surface area contributed by atoms with Crippen LogP contribution in [0.1, 0.15) is 25.7 Å². The van der Waals surface area contributed by atoms with Crippen LogP contribution in [0.5, 0.6) is 5.75 Å². The van der Waals surface area contributed by atoms with Gasteiger partial charge in [0.15, 0.2) is 5.65 Å². The van der Waals surface area contributed by atoms with Crippen LogP contribution in [0.15, 0.2) is 42.7 Å². The Bertz CT molecular complexity index is 1260. The number of ether oxygens (including phenoxy) is 2. The Morgan fingerprint density at radius 3 is 2.65 bits per heavy atom. The molecule has 2 aromatic heterocycles. The van der Waals surface area contributed by atoms with Gasteiger partial charge in [-0.1, -0.05) is 18.2 Å². The second-order valence-corrected chi connectivity index (χ2v) is 8.58. The second kappa shape index (κ2) is 7.50. The van der Waals surface area contributed by atoms with E-state index in [1.807, 2.05) is 10.7 Å². The van der Waals surface area contributed by atoms with E-state index in [1.165, 1.54) is 6.33 Å². The van der Waals surface area contributed by atoms with Gasteiger partial charge in [-0.05, 0) is 60.6 Å². The first-order valence-corrected chi connectivity index (χ1v) is 11.0. The van der Waals surface area contributed by atoms with Crippen molar-refractivity contribution in [3.8, 4) is 17.0 Å². The standard InChI is InChI=1S/C24H25N5O2/c25-23-21-22(28-29(24(21)27-14-26-23)13-15-7-9-30-10-8-15)18-2-1-17-12-20(31-19-5-6-19)4-3-16(17)11-18/h1-4,11-12,14-15,19H,5-10,13H2,(H2,25,26,27). The predicted molar refractivity (Wildman–Crippen MR) is 120 cm³/mol. The summed E-state index contributed by atoms with van der Waals surface area (Å²) in [5.74, 6) is 1.93. The van der Waals surface area contributed by atoms with Gasteiger partial charge in [0.05, 0.1) is 11.5 Å². The number of aromatic nitrogens is 4. The largest absolute Gasteiger partial charge is 0.490 e. The Morgan fingerprint density at radius 2 is 1.81 bits per heavy atom. The molecule has 2 aromatic carbocycles. The quantitative estimate of drug-likeness (QED) is 0.526. The zero-order valence-electron chi connectivity index (χ0n) is 17.3. The van der Waals surface area contributed by atoms with Crippen molar-refractivity contribution in [2.45, 2.75) is 38.3 Å². The summed E-state index contributed by atoms with van der Waals surface area (Å²) in [5, 5.41) is 8.07. The first kappa shape index (κ1) is 18.6. The van der Waals surface area contributed by atoms with Crippen LogP contribution in [0.4, 0.5) is 5.82 Å². The van der Waals surface area contributed by atoms with E-state index in [-0.39, 0.29) is 0 Å². The first-order chi connectivity index (χ1) is 15.2. The molecular weight excluding hydrogens is 390 g/mol. The molecule has 0 spiro atoms. The Labute approximate surface area is 180 Å². The van der Waals surface area contributed by atoms with Crippen molar-refractivity contribution in [3.05, 3.63) is 42.7 Å². The summed E-state index contributed by atoms with van der Waals surface area (Å²) in [6.45, 7) is 2.43. The molecule has 1 saturated heterocycles. The molecule has 31 heavy (non-hydrogen) atoms. The van der Waals surface area contributed by atoms with E-state index in [9.17, 15) is 0 Å². The number of hydrogen-bond donors (Lipinski definition) is 1. The lowest BCUT2D eigenvalue weighted by molar-refractivity contribution is 0.0605. The number of fused-ring (bicyclic) bond motifs is 2. The van der Waals surface area contributed by atoms with Crippen LogP contribution in [0.3, 0.4) is 0 Å². The second-order valence-electron chi connectivity index (χ2n) is 8.58. The molecule has 4 aromatic rings. The molecule has 0 amide bonds. The summed E-state index contributed by atoms with van der Waals surface area (Å²) in [6, 6.07) is 12.6. The lowest BCUT2D eigenvalue weighted by Gasteiger charge is -2.21. The third-order valence-corrected chi connectivity index (χ3v) is 6.24. The summed E-state index contributed by atoms with van der Waals surface area (Å²) in [7, 11) is 0. The van der Waals surface area contributed by atoms with E-state index < -0.39 is 0 Å². The maximum absolute atomic E-state index is 6.28. The number of nitrogens with two attached hydrogens (primary N) is 1. The van der Waals surface area contributed by atoms with Crippen LogP contribution in [-0.2, 0) is 11.3 Å². The van der Waals surface area contributed by atoms with Crippen molar-refractivity contribution >= 4 is 27.6 Å². The fourth-order valence-corrected chi connectivity index (χ4v) is 4.36. The van der Waals surface area contributed by atoms with Gasteiger partial charge in [0.1, 0.15) is 23.6 Å². The topological polar surface area (TPSA) is 88.1 Å². The number of nitrogen functional groups attached to an aromatic ring is 1. The molecule has 2 aliphatic rings. The monoisotopic (exact) mass is 415 g/mol. The summed E-state index contributed by atoms with van der Waals surface area (Å²) in [5.41, 5.74) is 8.93. The van der Waals surface area contributed by atoms with Crippen LogP contribution < -0.4 is 10.5 Å². The van der Waals surface area contributed by atoms with E-state index in [0.717, 1.165) is 84.3 Å². The zero-order valence-corrected chi connectivity index (χ0v) is 17.3. The number of anilines is 1. The molecule has 1 aliphatic carbocycles. The van der Waals surface area contributed by atoms with Gasteiger partial charge in [0.2, 0.25) is 0 Å². The maximum Gasteiger partial charge on any atom is 0.163 e. The van der Waals surface area contributed by atoms with Crippen LogP contribution >= 0.6 is 0 Å². The molecule has 0 bridgehead atoms. The predicted octanol–water partition coefficient (Wildman–Crippen LogP) is 4.20. The molecule has 0 radical (unpaired) electrons. The minimum absolute atomic E-state index is 0.394. The zero-order chi connectivity index (χ0) is 20.8. The highest BCUT2D eigenvalue weighted by Gasteiger charge is 2.24. The highest BCUT2D eigenvalue weighted by Crippen LogP contribution is 2.34. The van der Waals surface area contributed by atoms with Crippen molar-refractivity contribution in [2.75, 3.05) is 18.9 Å². The van der Waals surface area contributed by atoms with Gasteiger partial charge in [-0.15, -0.1) is 0 Å². The van der Waals surface area contributed by atoms with Crippen molar-refractivity contribution in [3.63, 3.8) is 0 Å². The molecule has 1 saturated carbocycles. The molecule has 7 nitrogen and oxygen atoms in total. The molecule has 158 valence electrons. The summed E-state index contributed by atoms with van der Waals surface area (Å²) in [6.07, 6.45) is 6.31.